The van der Waals surface area contributed by atoms with Crippen LogP contribution in [0.4, 0.5) is 17.8 Å². The Morgan fingerprint density at radius 3 is 2.18 bits per heavy atom. The molecule has 1 heterocycles. The van der Waals surface area contributed by atoms with Crippen LogP contribution in [-0.4, -0.2) is 15.0 Å². The fraction of sp³-hybridized carbons (Fsp3) is 0.100. The summed E-state index contributed by atoms with van der Waals surface area (Å²) in [6.45, 7) is 0.556. The molecular weight excluding hydrogens is 240 g/mol. The molecule has 7 heteroatoms. The van der Waals surface area contributed by atoms with Gasteiger partial charge in [-0.3, -0.25) is 0 Å². The average Bonchev–Trinajstić information content (AvgIpc) is 2.27. The molecule has 1 aromatic carbocycles. The topological polar surface area (TPSA) is 103 Å². The molecule has 0 aliphatic heterocycles. The van der Waals surface area contributed by atoms with Crippen molar-refractivity contribution in [1.82, 2.24) is 15.0 Å². The van der Waals surface area contributed by atoms with Crippen molar-refractivity contribution in [1.29, 1.82) is 0 Å². The van der Waals surface area contributed by atoms with E-state index >= 15 is 0 Å². The Kier molecular flexibility index (Phi) is 3.24. The lowest BCUT2D eigenvalue weighted by Crippen LogP contribution is -2.09. The zero-order valence-corrected chi connectivity index (χ0v) is 9.65. The lowest BCUT2D eigenvalue weighted by Gasteiger charge is -2.05. The number of hydrogen-bond donors (Lipinski definition) is 3. The van der Waals surface area contributed by atoms with Crippen molar-refractivity contribution in [2.45, 2.75) is 6.54 Å². The Morgan fingerprint density at radius 2 is 1.59 bits per heavy atom. The molecule has 0 aliphatic rings. The van der Waals surface area contributed by atoms with Crippen LogP contribution in [0.2, 0.25) is 5.02 Å². The monoisotopic (exact) mass is 250 g/mol. The number of rotatable bonds is 3. The van der Waals surface area contributed by atoms with Crippen molar-refractivity contribution >= 4 is 29.4 Å². The third-order valence-corrected chi connectivity index (χ3v) is 2.29. The van der Waals surface area contributed by atoms with E-state index < -0.39 is 0 Å². The minimum absolute atomic E-state index is 0.0936. The summed E-state index contributed by atoms with van der Waals surface area (Å²) in [4.78, 5) is 11.5. The molecule has 0 unspecified atom stereocenters. The lowest BCUT2D eigenvalue weighted by molar-refractivity contribution is 1.02. The second-order valence-corrected chi connectivity index (χ2v) is 3.79. The second kappa shape index (κ2) is 4.84. The fourth-order valence-electron chi connectivity index (χ4n) is 1.27. The number of nitrogens with zero attached hydrogens (tertiary/aromatic N) is 3. The van der Waals surface area contributed by atoms with Gasteiger partial charge in [0.1, 0.15) is 0 Å². The maximum absolute atomic E-state index is 5.78. The van der Waals surface area contributed by atoms with E-state index in [4.69, 9.17) is 23.1 Å². The van der Waals surface area contributed by atoms with Gasteiger partial charge in [-0.2, -0.15) is 15.0 Å². The lowest BCUT2D eigenvalue weighted by atomic mass is 10.2. The molecule has 17 heavy (non-hydrogen) atoms. The van der Waals surface area contributed by atoms with Crippen LogP contribution in [0, 0.1) is 0 Å². The molecule has 0 atom stereocenters. The largest absolute Gasteiger partial charge is 0.368 e. The first-order chi connectivity index (χ1) is 8.13. The van der Waals surface area contributed by atoms with Gasteiger partial charge < -0.3 is 16.8 Å². The Hall–Kier alpha value is -2.08. The van der Waals surface area contributed by atoms with Gasteiger partial charge in [0.25, 0.3) is 0 Å². The van der Waals surface area contributed by atoms with E-state index in [1.165, 1.54) is 0 Å². The Bertz CT molecular complexity index is 492. The summed E-state index contributed by atoms with van der Waals surface area (Å²) >= 11 is 5.78. The highest BCUT2D eigenvalue weighted by Crippen LogP contribution is 2.11. The van der Waals surface area contributed by atoms with Gasteiger partial charge in [0.2, 0.25) is 17.8 Å². The number of aromatic nitrogens is 3. The highest BCUT2D eigenvalue weighted by molar-refractivity contribution is 6.30. The van der Waals surface area contributed by atoms with E-state index in [9.17, 15) is 0 Å². The number of nitrogens with two attached hydrogens (primary N) is 2. The molecule has 0 amide bonds. The number of halogens is 1. The van der Waals surface area contributed by atoms with Crippen LogP contribution in [0.1, 0.15) is 5.56 Å². The standard InChI is InChI=1S/C10H11ClN6/c11-7-3-1-6(2-4-7)5-14-10-16-8(12)15-9(13)17-10/h1-4H,5H2,(H5,12,13,14,15,16,17). The van der Waals surface area contributed by atoms with Crippen molar-refractivity contribution in [3.63, 3.8) is 0 Å². The van der Waals surface area contributed by atoms with E-state index in [0.717, 1.165) is 5.56 Å². The summed E-state index contributed by atoms with van der Waals surface area (Å²) in [6, 6.07) is 7.44. The Balaban J connectivity index is 2.04. The summed E-state index contributed by atoms with van der Waals surface area (Å²) in [5, 5.41) is 3.69. The quantitative estimate of drug-likeness (QED) is 0.759. The number of nitrogen functional groups attached to an aromatic ring is 2. The molecule has 5 N–H and O–H groups in total. The zero-order chi connectivity index (χ0) is 12.3. The molecule has 0 bridgehead atoms. The van der Waals surface area contributed by atoms with Crippen LogP contribution in [0.15, 0.2) is 24.3 Å². The van der Waals surface area contributed by atoms with Gasteiger partial charge in [0, 0.05) is 11.6 Å². The van der Waals surface area contributed by atoms with Crippen LogP contribution in [0.5, 0.6) is 0 Å². The number of anilines is 3. The third-order valence-electron chi connectivity index (χ3n) is 2.03. The smallest absolute Gasteiger partial charge is 0.229 e. The van der Waals surface area contributed by atoms with Gasteiger partial charge in [-0.1, -0.05) is 23.7 Å². The summed E-state index contributed by atoms with van der Waals surface area (Å²) < 4.78 is 0. The first-order valence-electron chi connectivity index (χ1n) is 4.89. The molecule has 88 valence electrons. The van der Waals surface area contributed by atoms with Gasteiger partial charge in [-0.05, 0) is 17.7 Å². The molecule has 0 fully saturated rings. The molecule has 1 aromatic heterocycles. The maximum atomic E-state index is 5.78. The predicted octanol–water partition coefficient (Wildman–Crippen LogP) is 1.30. The SMILES string of the molecule is Nc1nc(N)nc(NCc2ccc(Cl)cc2)n1. The van der Waals surface area contributed by atoms with Crippen LogP contribution < -0.4 is 16.8 Å². The fourth-order valence-corrected chi connectivity index (χ4v) is 1.40. The molecule has 2 aromatic rings. The van der Waals surface area contributed by atoms with Crippen molar-refractivity contribution in [2.24, 2.45) is 0 Å². The average molecular weight is 251 g/mol. The summed E-state index contributed by atoms with van der Waals surface area (Å²) in [5.74, 6) is 0.539. The first-order valence-corrected chi connectivity index (χ1v) is 5.26. The maximum Gasteiger partial charge on any atom is 0.229 e. The normalized spacial score (nSPS) is 10.2. The molecule has 0 saturated carbocycles. The summed E-state index contributed by atoms with van der Waals surface area (Å²) in [5.41, 5.74) is 11.9. The Labute approximate surface area is 103 Å². The first kappa shape index (κ1) is 11.4. The van der Waals surface area contributed by atoms with Crippen molar-refractivity contribution in [3.05, 3.63) is 34.9 Å². The molecule has 0 radical (unpaired) electrons. The second-order valence-electron chi connectivity index (χ2n) is 3.36. The highest BCUT2D eigenvalue weighted by atomic mass is 35.5. The number of nitrogens with one attached hydrogen (secondary N) is 1. The number of benzene rings is 1. The minimum Gasteiger partial charge on any atom is -0.368 e. The van der Waals surface area contributed by atoms with Crippen molar-refractivity contribution in [2.75, 3.05) is 16.8 Å². The van der Waals surface area contributed by atoms with Crippen molar-refractivity contribution < 1.29 is 0 Å². The van der Waals surface area contributed by atoms with Gasteiger partial charge in [-0.25, -0.2) is 0 Å². The van der Waals surface area contributed by atoms with E-state index in [2.05, 4.69) is 20.3 Å². The van der Waals surface area contributed by atoms with Crippen LogP contribution >= 0.6 is 11.6 Å². The highest BCUT2D eigenvalue weighted by Gasteiger charge is 2.01. The Morgan fingerprint density at radius 1 is 1.00 bits per heavy atom. The van der Waals surface area contributed by atoms with E-state index in [-0.39, 0.29) is 11.9 Å². The van der Waals surface area contributed by atoms with E-state index in [1.807, 2.05) is 24.3 Å². The van der Waals surface area contributed by atoms with Gasteiger partial charge in [-0.15, -0.1) is 0 Å². The van der Waals surface area contributed by atoms with E-state index in [0.29, 0.717) is 17.5 Å². The van der Waals surface area contributed by atoms with Crippen LogP contribution in [0.3, 0.4) is 0 Å². The van der Waals surface area contributed by atoms with Crippen LogP contribution in [-0.2, 0) is 6.54 Å². The third kappa shape index (κ3) is 3.18. The van der Waals surface area contributed by atoms with Gasteiger partial charge in [0.05, 0.1) is 0 Å². The minimum atomic E-state index is 0.0936. The van der Waals surface area contributed by atoms with Crippen molar-refractivity contribution in [3.8, 4) is 0 Å². The summed E-state index contributed by atoms with van der Waals surface area (Å²) in [7, 11) is 0. The molecular formula is C10H11ClN6. The molecule has 0 spiro atoms. The molecule has 0 aliphatic carbocycles. The van der Waals surface area contributed by atoms with Gasteiger partial charge in [0.15, 0.2) is 0 Å². The predicted molar refractivity (Wildman–Crippen MR) is 67.4 cm³/mol. The van der Waals surface area contributed by atoms with Gasteiger partial charge >= 0.3 is 0 Å². The summed E-state index contributed by atoms with van der Waals surface area (Å²) in [6.07, 6.45) is 0. The molecule has 6 nitrogen and oxygen atoms in total. The van der Waals surface area contributed by atoms with Crippen LogP contribution in [0.25, 0.3) is 0 Å². The van der Waals surface area contributed by atoms with E-state index in [1.54, 1.807) is 0 Å². The molecule has 0 saturated heterocycles. The zero-order valence-electron chi connectivity index (χ0n) is 8.89. The number of hydrogen-bond acceptors (Lipinski definition) is 6. The molecule has 2 rings (SSSR count).